The van der Waals surface area contributed by atoms with Crippen LogP contribution in [0, 0.1) is 0 Å². The Morgan fingerprint density at radius 3 is 2.61 bits per heavy atom. The number of piperidine rings is 1. The van der Waals surface area contributed by atoms with Crippen molar-refractivity contribution in [3.05, 3.63) is 83.9 Å². The highest BCUT2D eigenvalue weighted by atomic mass is 16.6. The Hall–Kier alpha value is -3.27. The van der Waals surface area contributed by atoms with E-state index < -0.39 is 0 Å². The molecular weight excluding hydrogens is 386 g/mol. The van der Waals surface area contributed by atoms with Crippen molar-refractivity contribution in [2.75, 3.05) is 7.11 Å². The molecule has 0 aromatic heterocycles. The van der Waals surface area contributed by atoms with Crippen molar-refractivity contribution in [2.24, 2.45) is 0 Å². The molecule has 158 valence electrons. The average Bonchev–Trinajstić information content (AvgIpc) is 2.81. The highest BCUT2D eigenvalue weighted by Gasteiger charge is 2.38. The first kappa shape index (κ1) is 19.7. The lowest BCUT2D eigenvalue weighted by Crippen LogP contribution is -2.51. The molecular formula is C27H27NO3. The molecule has 2 unspecified atom stereocenters. The van der Waals surface area contributed by atoms with Gasteiger partial charge in [-0.2, -0.15) is 0 Å². The van der Waals surface area contributed by atoms with Crippen molar-refractivity contribution in [1.82, 2.24) is 4.90 Å². The third kappa shape index (κ3) is 4.02. The number of methoxy groups -OCH3 is 1. The standard InChI is InChI=1S/C27H27NO3/c1-30-26-13-12-20-14-21(10-11-22(20)17-26)23-15-24-8-5-9-25(16-23)28(24)27(29)31-18-19-6-3-2-4-7-19/h2-4,6-7,10-15,17,24-25H,5,8-9,16,18H2,1H3. The summed E-state index contributed by atoms with van der Waals surface area (Å²) in [5, 5.41) is 2.37. The van der Waals surface area contributed by atoms with Crippen molar-refractivity contribution >= 4 is 22.4 Å². The Balaban J connectivity index is 1.36. The number of fused-ring (bicyclic) bond motifs is 3. The average molecular weight is 414 g/mol. The van der Waals surface area contributed by atoms with Gasteiger partial charge in [-0.1, -0.05) is 54.6 Å². The zero-order valence-electron chi connectivity index (χ0n) is 17.8. The van der Waals surface area contributed by atoms with E-state index in [0.717, 1.165) is 37.0 Å². The summed E-state index contributed by atoms with van der Waals surface area (Å²) in [5.74, 6) is 0.872. The van der Waals surface area contributed by atoms with Gasteiger partial charge >= 0.3 is 6.09 Å². The number of hydrogen-bond donors (Lipinski definition) is 0. The lowest BCUT2D eigenvalue weighted by atomic mass is 9.83. The van der Waals surface area contributed by atoms with E-state index in [1.807, 2.05) is 41.3 Å². The third-order valence-electron chi connectivity index (χ3n) is 6.47. The number of carbonyl (C=O) groups is 1. The molecule has 31 heavy (non-hydrogen) atoms. The van der Waals surface area contributed by atoms with E-state index in [9.17, 15) is 4.79 Å². The van der Waals surface area contributed by atoms with Gasteiger partial charge in [0.2, 0.25) is 0 Å². The molecule has 0 saturated carbocycles. The lowest BCUT2D eigenvalue weighted by Gasteiger charge is -2.44. The number of benzene rings is 3. The zero-order valence-corrected chi connectivity index (χ0v) is 17.8. The topological polar surface area (TPSA) is 38.8 Å². The summed E-state index contributed by atoms with van der Waals surface area (Å²) in [6, 6.07) is 22.9. The molecule has 4 heteroatoms. The van der Waals surface area contributed by atoms with Crippen LogP contribution in [0.25, 0.3) is 16.3 Å². The molecule has 0 N–H and O–H groups in total. The maximum atomic E-state index is 12.9. The van der Waals surface area contributed by atoms with Crippen molar-refractivity contribution in [1.29, 1.82) is 0 Å². The first-order valence-corrected chi connectivity index (χ1v) is 11.0. The van der Waals surface area contributed by atoms with E-state index in [0.29, 0.717) is 6.61 Å². The second kappa shape index (κ2) is 8.46. The monoisotopic (exact) mass is 413 g/mol. The molecule has 2 aliphatic heterocycles. The molecule has 5 rings (SSSR count). The van der Waals surface area contributed by atoms with E-state index in [-0.39, 0.29) is 18.2 Å². The lowest BCUT2D eigenvalue weighted by molar-refractivity contribution is 0.0510. The fraction of sp³-hybridized carbons (Fsp3) is 0.296. The number of amides is 1. The van der Waals surface area contributed by atoms with Gasteiger partial charge in [-0.05, 0) is 71.4 Å². The second-order valence-electron chi connectivity index (χ2n) is 8.42. The maximum absolute atomic E-state index is 12.9. The highest BCUT2D eigenvalue weighted by Crippen LogP contribution is 2.38. The van der Waals surface area contributed by atoms with Crippen molar-refractivity contribution in [3.63, 3.8) is 0 Å². The molecule has 1 fully saturated rings. The van der Waals surface area contributed by atoms with Crippen LogP contribution in [0.3, 0.4) is 0 Å². The molecule has 0 radical (unpaired) electrons. The molecule has 3 aromatic rings. The van der Waals surface area contributed by atoms with Crippen LogP contribution in [0.1, 0.15) is 36.8 Å². The van der Waals surface area contributed by atoms with Gasteiger partial charge in [0.25, 0.3) is 0 Å². The van der Waals surface area contributed by atoms with Crippen molar-refractivity contribution < 1.29 is 14.3 Å². The van der Waals surface area contributed by atoms with Gasteiger partial charge in [0, 0.05) is 6.04 Å². The predicted molar refractivity (Wildman–Crippen MR) is 123 cm³/mol. The molecule has 0 spiro atoms. The van der Waals surface area contributed by atoms with Crippen LogP contribution >= 0.6 is 0 Å². The minimum atomic E-state index is -0.195. The molecule has 2 atom stereocenters. The van der Waals surface area contributed by atoms with E-state index in [4.69, 9.17) is 9.47 Å². The second-order valence-corrected chi connectivity index (χ2v) is 8.42. The minimum Gasteiger partial charge on any atom is -0.497 e. The van der Waals surface area contributed by atoms with Crippen LogP contribution in [-0.2, 0) is 11.3 Å². The van der Waals surface area contributed by atoms with Crippen LogP contribution in [-0.4, -0.2) is 30.2 Å². The van der Waals surface area contributed by atoms with Crippen LogP contribution < -0.4 is 4.74 Å². The largest absolute Gasteiger partial charge is 0.497 e. The minimum absolute atomic E-state index is 0.109. The SMILES string of the molecule is COc1ccc2cc(C3=CC4CCCC(C3)N4C(=O)OCc3ccccc3)ccc2c1. The van der Waals surface area contributed by atoms with Crippen LogP contribution in [0.4, 0.5) is 4.79 Å². The van der Waals surface area contributed by atoms with Gasteiger partial charge in [-0.15, -0.1) is 0 Å². The van der Waals surface area contributed by atoms with Gasteiger partial charge in [0.15, 0.2) is 0 Å². The summed E-state index contributed by atoms with van der Waals surface area (Å²) >= 11 is 0. The van der Waals surface area contributed by atoms with Crippen molar-refractivity contribution in [3.8, 4) is 5.75 Å². The van der Waals surface area contributed by atoms with E-state index >= 15 is 0 Å². The zero-order chi connectivity index (χ0) is 21.2. The molecule has 2 bridgehead atoms. The van der Waals surface area contributed by atoms with E-state index in [1.165, 1.54) is 21.9 Å². The van der Waals surface area contributed by atoms with Gasteiger partial charge < -0.3 is 9.47 Å². The molecule has 2 heterocycles. The summed E-state index contributed by atoms with van der Waals surface area (Å²) in [4.78, 5) is 14.9. The Labute approximate surface area is 183 Å². The first-order chi connectivity index (χ1) is 15.2. The van der Waals surface area contributed by atoms with E-state index in [1.54, 1.807) is 7.11 Å². The predicted octanol–water partition coefficient (Wildman–Crippen LogP) is 6.20. The van der Waals surface area contributed by atoms with Gasteiger partial charge in [-0.3, -0.25) is 4.90 Å². The highest BCUT2D eigenvalue weighted by molar-refractivity contribution is 5.88. The summed E-state index contributed by atoms with van der Waals surface area (Å²) in [6.07, 6.45) is 6.13. The van der Waals surface area contributed by atoms with Crippen molar-refractivity contribution in [2.45, 2.75) is 44.4 Å². The normalized spacial score (nSPS) is 20.3. The van der Waals surface area contributed by atoms with Gasteiger partial charge in [0.1, 0.15) is 12.4 Å². The van der Waals surface area contributed by atoms with Gasteiger partial charge in [-0.25, -0.2) is 4.79 Å². The Bertz CT molecular complexity index is 1120. The summed E-state index contributed by atoms with van der Waals surface area (Å²) < 4.78 is 11.0. The third-order valence-corrected chi connectivity index (χ3v) is 6.47. The summed E-state index contributed by atoms with van der Waals surface area (Å²) in [5.41, 5.74) is 3.59. The molecule has 0 aliphatic carbocycles. The number of nitrogens with zero attached hydrogens (tertiary/aromatic N) is 1. The first-order valence-electron chi connectivity index (χ1n) is 11.0. The van der Waals surface area contributed by atoms with Crippen LogP contribution in [0.5, 0.6) is 5.75 Å². The Morgan fingerprint density at radius 1 is 1.00 bits per heavy atom. The fourth-order valence-corrected chi connectivity index (χ4v) is 4.87. The number of rotatable bonds is 4. The smallest absolute Gasteiger partial charge is 0.410 e. The maximum Gasteiger partial charge on any atom is 0.410 e. The van der Waals surface area contributed by atoms with E-state index in [2.05, 4.69) is 36.4 Å². The molecule has 1 amide bonds. The van der Waals surface area contributed by atoms with Crippen LogP contribution in [0.15, 0.2) is 72.8 Å². The molecule has 2 aliphatic rings. The number of carbonyl (C=O) groups excluding carboxylic acids is 1. The molecule has 1 saturated heterocycles. The molecule has 3 aromatic carbocycles. The number of hydrogen-bond acceptors (Lipinski definition) is 3. The molecule has 4 nitrogen and oxygen atoms in total. The summed E-state index contributed by atoms with van der Waals surface area (Å²) in [6.45, 7) is 0.320. The Morgan fingerprint density at radius 2 is 1.81 bits per heavy atom. The Kier molecular flexibility index (Phi) is 5.37. The number of ether oxygens (including phenoxy) is 2. The van der Waals surface area contributed by atoms with Crippen LogP contribution in [0.2, 0.25) is 0 Å². The fourth-order valence-electron chi connectivity index (χ4n) is 4.87. The quantitative estimate of drug-likeness (QED) is 0.511. The van der Waals surface area contributed by atoms with Gasteiger partial charge in [0.05, 0.1) is 13.2 Å². The summed E-state index contributed by atoms with van der Waals surface area (Å²) in [7, 11) is 1.69.